The van der Waals surface area contributed by atoms with E-state index in [0.29, 0.717) is 6.54 Å². The number of aromatic nitrogens is 1. The predicted octanol–water partition coefficient (Wildman–Crippen LogP) is 1.33. The van der Waals surface area contributed by atoms with Crippen LogP contribution < -0.4 is 10.2 Å². The molecule has 0 aliphatic carbocycles. The number of pyridine rings is 1. The largest absolute Gasteiger partial charge is 0.392 e. The van der Waals surface area contributed by atoms with Gasteiger partial charge in [-0.05, 0) is 29.8 Å². The fourth-order valence-electron chi connectivity index (χ4n) is 2.83. The number of nitrogens with zero attached hydrogens (tertiary/aromatic N) is 3. The summed E-state index contributed by atoms with van der Waals surface area (Å²) in [5.41, 5.74) is 1.51. The van der Waals surface area contributed by atoms with E-state index >= 15 is 0 Å². The minimum absolute atomic E-state index is 0.0286. The molecule has 6 nitrogen and oxygen atoms in total. The van der Waals surface area contributed by atoms with Gasteiger partial charge in [-0.15, -0.1) is 0 Å². The summed E-state index contributed by atoms with van der Waals surface area (Å²) in [5.74, 6) is 0.957. The highest BCUT2D eigenvalue weighted by molar-refractivity contribution is 5.92. The van der Waals surface area contributed by atoms with Crippen molar-refractivity contribution in [3.63, 3.8) is 0 Å². The first-order chi connectivity index (χ1) is 11.7. The number of aliphatic hydroxyl groups is 1. The number of hydrogen-bond acceptors (Lipinski definition) is 5. The zero-order chi connectivity index (χ0) is 16.8. The molecule has 1 amide bonds. The second-order valence-corrected chi connectivity index (χ2v) is 5.86. The van der Waals surface area contributed by atoms with E-state index in [1.807, 2.05) is 36.4 Å². The lowest BCUT2D eigenvalue weighted by atomic mass is 10.2. The fourth-order valence-corrected chi connectivity index (χ4v) is 2.83. The van der Waals surface area contributed by atoms with E-state index in [4.69, 9.17) is 5.11 Å². The molecule has 0 bridgehead atoms. The number of piperazine rings is 1. The Kier molecular flexibility index (Phi) is 5.40. The molecule has 0 spiro atoms. The summed E-state index contributed by atoms with van der Waals surface area (Å²) in [4.78, 5) is 20.9. The molecule has 2 aromatic rings. The Morgan fingerprint density at radius 3 is 2.67 bits per heavy atom. The van der Waals surface area contributed by atoms with Crippen LogP contribution in [0.2, 0.25) is 0 Å². The van der Waals surface area contributed by atoms with E-state index in [1.165, 1.54) is 0 Å². The summed E-state index contributed by atoms with van der Waals surface area (Å²) in [6, 6.07) is 13.2. The maximum Gasteiger partial charge on any atom is 0.238 e. The molecule has 1 fully saturated rings. The summed E-state index contributed by atoms with van der Waals surface area (Å²) in [6.07, 6.45) is 1.80. The van der Waals surface area contributed by atoms with Crippen molar-refractivity contribution < 1.29 is 9.90 Å². The number of carbonyl (C=O) groups excluding carboxylic acids is 1. The molecule has 2 heterocycles. The Labute approximate surface area is 141 Å². The van der Waals surface area contributed by atoms with Crippen LogP contribution in [0.25, 0.3) is 0 Å². The number of nitrogens with one attached hydrogen (secondary N) is 1. The van der Waals surface area contributed by atoms with Gasteiger partial charge in [0.25, 0.3) is 0 Å². The van der Waals surface area contributed by atoms with E-state index in [0.717, 1.165) is 43.2 Å². The molecule has 0 unspecified atom stereocenters. The van der Waals surface area contributed by atoms with Crippen molar-refractivity contribution in [2.75, 3.05) is 42.9 Å². The third kappa shape index (κ3) is 4.31. The second-order valence-electron chi connectivity index (χ2n) is 5.86. The Bertz CT molecular complexity index is 670. The standard InChI is InChI=1S/C18H22N4O2/c23-14-15-4-3-5-16(12-15)20-18(24)13-21-8-10-22(11-9-21)17-6-1-2-7-19-17/h1-7,12,23H,8-11,13-14H2,(H,20,24). The number of benzene rings is 1. The molecule has 1 aliphatic heterocycles. The SMILES string of the molecule is O=C(CN1CCN(c2ccccn2)CC1)Nc1cccc(CO)c1. The number of hydrogen-bond donors (Lipinski definition) is 2. The second kappa shape index (κ2) is 7.90. The van der Waals surface area contributed by atoms with Crippen LogP contribution in [-0.2, 0) is 11.4 Å². The van der Waals surface area contributed by atoms with Crippen LogP contribution in [0.4, 0.5) is 11.5 Å². The van der Waals surface area contributed by atoms with Crippen molar-refractivity contribution in [2.45, 2.75) is 6.61 Å². The van der Waals surface area contributed by atoms with Gasteiger partial charge in [0.05, 0.1) is 13.2 Å². The van der Waals surface area contributed by atoms with Crippen molar-refractivity contribution >= 4 is 17.4 Å². The first-order valence-electron chi connectivity index (χ1n) is 8.12. The van der Waals surface area contributed by atoms with Crippen LogP contribution in [0.3, 0.4) is 0 Å². The number of amides is 1. The van der Waals surface area contributed by atoms with Crippen molar-refractivity contribution in [2.24, 2.45) is 0 Å². The highest BCUT2D eigenvalue weighted by Gasteiger charge is 2.19. The van der Waals surface area contributed by atoms with Gasteiger partial charge in [-0.1, -0.05) is 18.2 Å². The maximum atomic E-state index is 12.2. The molecular weight excluding hydrogens is 304 g/mol. The van der Waals surface area contributed by atoms with E-state index in [-0.39, 0.29) is 12.5 Å². The molecule has 2 N–H and O–H groups in total. The molecule has 0 radical (unpaired) electrons. The molecular formula is C18H22N4O2. The van der Waals surface area contributed by atoms with Gasteiger partial charge in [-0.3, -0.25) is 9.69 Å². The number of rotatable bonds is 5. The van der Waals surface area contributed by atoms with Crippen molar-refractivity contribution in [1.29, 1.82) is 0 Å². The zero-order valence-corrected chi connectivity index (χ0v) is 13.6. The average Bonchev–Trinajstić information content (AvgIpc) is 2.63. The highest BCUT2D eigenvalue weighted by Crippen LogP contribution is 2.13. The van der Waals surface area contributed by atoms with Gasteiger partial charge in [0.1, 0.15) is 5.82 Å². The smallest absolute Gasteiger partial charge is 0.238 e. The van der Waals surface area contributed by atoms with Gasteiger partial charge in [-0.25, -0.2) is 4.98 Å². The van der Waals surface area contributed by atoms with E-state index in [9.17, 15) is 4.79 Å². The van der Waals surface area contributed by atoms with Gasteiger partial charge in [0.15, 0.2) is 0 Å². The Balaban J connectivity index is 1.48. The molecule has 3 rings (SSSR count). The Morgan fingerprint density at radius 1 is 1.12 bits per heavy atom. The fraction of sp³-hybridized carbons (Fsp3) is 0.333. The Hall–Kier alpha value is -2.44. The summed E-state index contributed by atoms with van der Waals surface area (Å²) < 4.78 is 0. The number of carbonyl (C=O) groups is 1. The van der Waals surface area contributed by atoms with Crippen molar-refractivity contribution in [3.8, 4) is 0 Å². The molecule has 1 aliphatic rings. The van der Waals surface area contributed by atoms with Gasteiger partial charge in [-0.2, -0.15) is 0 Å². The van der Waals surface area contributed by atoms with Gasteiger partial charge in [0.2, 0.25) is 5.91 Å². The molecule has 0 saturated carbocycles. The molecule has 0 atom stereocenters. The topological polar surface area (TPSA) is 68.7 Å². The van der Waals surface area contributed by atoms with Gasteiger partial charge in [0, 0.05) is 38.1 Å². The third-order valence-electron chi connectivity index (χ3n) is 4.11. The first kappa shape index (κ1) is 16.4. The molecule has 126 valence electrons. The normalized spacial score (nSPS) is 15.3. The minimum atomic E-state index is -0.0311. The quantitative estimate of drug-likeness (QED) is 0.868. The molecule has 1 saturated heterocycles. The van der Waals surface area contributed by atoms with E-state index in [1.54, 1.807) is 12.3 Å². The number of anilines is 2. The molecule has 1 aromatic heterocycles. The Morgan fingerprint density at radius 2 is 1.96 bits per heavy atom. The van der Waals surface area contributed by atoms with Crippen LogP contribution >= 0.6 is 0 Å². The summed E-state index contributed by atoms with van der Waals surface area (Å²) >= 11 is 0. The molecule has 24 heavy (non-hydrogen) atoms. The van der Waals surface area contributed by atoms with Crippen molar-refractivity contribution in [3.05, 3.63) is 54.2 Å². The van der Waals surface area contributed by atoms with Crippen LogP contribution in [-0.4, -0.2) is 53.6 Å². The van der Waals surface area contributed by atoms with Crippen LogP contribution in [0, 0.1) is 0 Å². The molecule has 1 aromatic carbocycles. The van der Waals surface area contributed by atoms with E-state index < -0.39 is 0 Å². The third-order valence-corrected chi connectivity index (χ3v) is 4.11. The zero-order valence-electron chi connectivity index (χ0n) is 13.6. The lowest BCUT2D eigenvalue weighted by Gasteiger charge is -2.34. The van der Waals surface area contributed by atoms with E-state index in [2.05, 4.69) is 20.1 Å². The summed E-state index contributed by atoms with van der Waals surface area (Å²) in [7, 11) is 0. The number of aliphatic hydroxyl groups excluding tert-OH is 1. The van der Waals surface area contributed by atoms with Crippen LogP contribution in [0.15, 0.2) is 48.7 Å². The lowest BCUT2D eigenvalue weighted by molar-refractivity contribution is -0.117. The summed E-state index contributed by atoms with van der Waals surface area (Å²) in [5, 5.41) is 12.0. The predicted molar refractivity (Wildman–Crippen MR) is 93.9 cm³/mol. The summed E-state index contributed by atoms with van der Waals surface area (Å²) in [6.45, 7) is 3.74. The van der Waals surface area contributed by atoms with Gasteiger partial charge >= 0.3 is 0 Å². The monoisotopic (exact) mass is 326 g/mol. The average molecular weight is 326 g/mol. The lowest BCUT2D eigenvalue weighted by Crippen LogP contribution is -2.48. The van der Waals surface area contributed by atoms with Crippen LogP contribution in [0.1, 0.15) is 5.56 Å². The maximum absolute atomic E-state index is 12.2. The highest BCUT2D eigenvalue weighted by atomic mass is 16.3. The minimum Gasteiger partial charge on any atom is -0.392 e. The van der Waals surface area contributed by atoms with Crippen molar-refractivity contribution in [1.82, 2.24) is 9.88 Å². The van der Waals surface area contributed by atoms with Gasteiger partial charge < -0.3 is 15.3 Å². The first-order valence-corrected chi connectivity index (χ1v) is 8.12. The molecule has 6 heteroatoms. The van der Waals surface area contributed by atoms with Crippen LogP contribution in [0.5, 0.6) is 0 Å².